The molecule has 0 radical (unpaired) electrons. The van der Waals surface area contributed by atoms with Crippen molar-refractivity contribution in [1.29, 1.82) is 0 Å². The molecule has 1 amide bonds. The first-order chi connectivity index (χ1) is 9.15. The first kappa shape index (κ1) is 13.9. The van der Waals surface area contributed by atoms with Crippen molar-refractivity contribution in [2.24, 2.45) is 0 Å². The van der Waals surface area contributed by atoms with Crippen molar-refractivity contribution in [3.05, 3.63) is 5.82 Å². The molecule has 0 saturated carbocycles. The number of piperidine rings is 1. The summed E-state index contributed by atoms with van der Waals surface area (Å²) >= 11 is 0. The predicted octanol–water partition coefficient (Wildman–Crippen LogP) is -1.16. The minimum atomic E-state index is 0.165. The number of aromatic nitrogens is 4. The molecule has 0 spiro atoms. The van der Waals surface area contributed by atoms with E-state index in [9.17, 15) is 4.79 Å². The summed E-state index contributed by atoms with van der Waals surface area (Å²) in [5.74, 6) is 0.850. The largest absolute Gasteiger partial charge is 0.348 e. The number of carbonyl (C=O) groups excluding carboxylic acids is 1. The average Bonchev–Trinajstić information content (AvgIpc) is 2.91. The quantitative estimate of drug-likeness (QED) is 0.699. The minimum absolute atomic E-state index is 0.165. The van der Waals surface area contributed by atoms with Crippen LogP contribution in [0.3, 0.4) is 0 Å². The van der Waals surface area contributed by atoms with E-state index in [4.69, 9.17) is 0 Å². The Morgan fingerprint density at radius 3 is 2.79 bits per heavy atom. The van der Waals surface area contributed by atoms with Gasteiger partial charge in [0.25, 0.3) is 0 Å². The van der Waals surface area contributed by atoms with E-state index in [2.05, 4.69) is 30.8 Å². The number of likely N-dealkylation sites (N-methyl/N-ethyl adjacent to an activating group) is 1. The highest BCUT2D eigenvalue weighted by Gasteiger charge is 2.21. The molecular formula is C11H21N7O. The Bertz CT molecular complexity index is 384. The fourth-order valence-corrected chi connectivity index (χ4v) is 2.12. The number of nitrogens with one attached hydrogen (secondary N) is 2. The van der Waals surface area contributed by atoms with Gasteiger partial charge in [-0.25, -0.2) is 0 Å². The number of nitrogens with zero attached hydrogens (tertiary/aromatic N) is 5. The third-order valence-electron chi connectivity index (χ3n) is 3.38. The number of H-pyrrole nitrogens is 1. The second kappa shape index (κ2) is 6.58. The fourth-order valence-electron chi connectivity index (χ4n) is 2.12. The molecule has 8 heteroatoms. The summed E-state index contributed by atoms with van der Waals surface area (Å²) in [5.41, 5.74) is 0. The number of aromatic amines is 1. The SMILES string of the molecule is CN(C)C(=O)CN1CCC(NCc2nn[nH]n2)CC1. The number of hydrogen-bond acceptors (Lipinski definition) is 6. The van der Waals surface area contributed by atoms with E-state index in [1.807, 2.05) is 0 Å². The van der Waals surface area contributed by atoms with Gasteiger partial charge in [0.15, 0.2) is 5.82 Å². The third-order valence-corrected chi connectivity index (χ3v) is 3.38. The van der Waals surface area contributed by atoms with Gasteiger partial charge in [-0.3, -0.25) is 9.69 Å². The average molecular weight is 267 g/mol. The molecule has 2 rings (SSSR count). The van der Waals surface area contributed by atoms with Gasteiger partial charge in [0.1, 0.15) is 0 Å². The van der Waals surface area contributed by atoms with Crippen LogP contribution in [0.15, 0.2) is 0 Å². The maximum absolute atomic E-state index is 11.6. The molecule has 0 atom stereocenters. The molecule has 8 nitrogen and oxygen atoms in total. The van der Waals surface area contributed by atoms with Crippen LogP contribution in [0.2, 0.25) is 0 Å². The summed E-state index contributed by atoms with van der Waals surface area (Å²) < 4.78 is 0. The van der Waals surface area contributed by atoms with Crippen molar-refractivity contribution < 1.29 is 4.79 Å². The predicted molar refractivity (Wildman–Crippen MR) is 69.2 cm³/mol. The van der Waals surface area contributed by atoms with Crippen molar-refractivity contribution in [3.63, 3.8) is 0 Å². The van der Waals surface area contributed by atoms with Gasteiger partial charge in [0.05, 0.1) is 13.1 Å². The van der Waals surface area contributed by atoms with Crippen LogP contribution in [-0.2, 0) is 11.3 Å². The highest BCUT2D eigenvalue weighted by atomic mass is 16.2. The highest BCUT2D eigenvalue weighted by molar-refractivity contribution is 5.77. The van der Waals surface area contributed by atoms with Crippen LogP contribution in [-0.4, -0.2) is 76.1 Å². The monoisotopic (exact) mass is 267 g/mol. The lowest BCUT2D eigenvalue weighted by Crippen LogP contribution is -2.45. The van der Waals surface area contributed by atoms with Gasteiger partial charge in [-0.2, -0.15) is 5.21 Å². The number of rotatable bonds is 5. The second-order valence-electron chi connectivity index (χ2n) is 5.05. The van der Waals surface area contributed by atoms with E-state index in [0.717, 1.165) is 25.9 Å². The molecule has 2 heterocycles. The van der Waals surface area contributed by atoms with Crippen LogP contribution in [0.4, 0.5) is 0 Å². The van der Waals surface area contributed by atoms with Crippen LogP contribution in [0.25, 0.3) is 0 Å². The lowest BCUT2D eigenvalue weighted by atomic mass is 10.1. The molecular weight excluding hydrogens is 246 g/mol. The topological polar surface area (TPSA) is 90.0 Å². The molecule has 0 aromatic carbocycles. The molecule has 0 bridgehead atoms. The van der Waals surface area contributed by atoms with E-state index in [1.165, 1.54) is 0 Å². The van der Waals surface area contributed by atoms with E-state index in [1.54, 1.807) is 19.0 Å². The van der Waals surface area contributed by atoms with Crippen LogP contribution in [0.5, 0.6) is 0 Å². The molecule has 2 N–H and O–H groups in total. The first-order valence-electron chi connectivity index (χ1n) is 6.53. The molecule has 1 aromatic rings. The molecule has 1 aromatic heterocycles. The normalized spacial score (nSPS) is 17.6. The van der Waals surface area contributed by atoms with Crippen LogP contribution in [0.1, 0.15) is 18.7 Å². The summed E-state index contributed by atoms with van der Waals surface area (Å²) in [5, 5.41) is 17.2. The lowest BCUT2D eigenvalue weighted by molar-refractivity contribution is -0.130. The number of carbonyl (C=O) groups is 1. The molecule has 1 aliphatic heterocycles. The van der Waals surface area contributed by atoms with E-state index in [-0.39, 0.29) is 5.91 Å². The summed E-state index contributed by atoms with van der Waals surface area (Å²) in [4.78, 5) is 15.5. The van der Waals surface area contributed by atoms with Gasteiger partial charge in [-0.15, -0.1) is 10.2 Å². The van der Waals surface area contributed by atoms with Gasteiger partial charge < -0.3 is 10.2 Å². The first-order valence-corrected chi connectivity index (χ1v) is 6.53. The van der Waals surface area contributed by atoms with Crippen LogP contribution in [0, 0.1) is 0 Å². The third kappa shape index (κ3) is 4.25. The maximum atomic E-state index is 11.6. The molecule has 0 unspecified atom stereocenters. The summed E-state index contributed by atoms with van der Waals surface area (Å²) in [6.45, 7) is 3.05. The van der Waals surface area contributed by atoms with Crippen molar-refractivity contribution >= 4 is 5.91 Å². The number of tetrazole rings is 1. The van der Waals surface area contributed by atoms with E-state index < -0.39 is 0 Å². The smallest absolute Gasteiger partial charge is 0.236 e. The molecule has 0 aliphatic carbocycles. The van der Waals surface area contributed by atoms with Gasteiger partial charge in [-0.05, 0) is 12.8 Å². The zero-order chi connectivity index (χ0) is 13.7. The van der Waals surface area contributed by atoms with Gasteiger partial charge in [0, 0.05) is 33.2 Å². The summed E-state index contributed by atoms with van der Waals surface area (Å²) in [6.07, 6.45) is 2.08. The van der Waals surface area contributed by atoms with Crippen molar-refractivity contribution in [1.82, 2.24) is 35.7 Å². The Labute approximate surface area is 112 Å². The Morgan fingerprint density at radius 1 is 1.47 bits per heavy atom. The standard InChI is InChI=1S/C11H21N7O/c1-17(2)11(19)8-18-5-3-9(4-6-18)12-7-10-13-15-16-14-10/h9,12H,3-8H2,1-2H3,(H,13,14,15,16). The highest BCUT2D eigenvalue weighted by Crippen LogP contribution is 2.10. The molecule has 1 fully saturated rings. The second-order valence-corrected chi connectivity index (χ2v) is 5.05. The Morgan fingerprint density at radius 2 is 2.21 bits per heavy atom. The Hall–Kier alpha value is -1.54. The number of hydrogen-bond donors (Lipinski definition) is 2. The fraction of sp³-hybridized carbons (Fsp3) is 0.818. The molecule has 1 saturated heterocycles. The van der Waals surface area contributed by atoms with E-state index >= 15 is 0 Å². The molecule has 1 aliphatic rings. The molecule has 106 valence electrons. The van der Waals surface area contributed by atoms with Gasteiger partial charge in [0.2, 0.25) is 5.91 Å². The number of amides is 1. The minimum Gasteiger partial charge on any atom is -0.348 e. The summed E-state index contributed by atoms with van der Waals surface area (Å²) in [7, 11) is 3.59. The van der Waals surface area contributed by atoms with Crippen LogP contribution >= 0.6 is 0 Å². The van der Waals surface area contributed by atoms with Crippen molar-refractivity contribution in [2.45, 2.75) is 25.4 Å². The maximum Gasteiger partial charge on any atom is 0.236 e. The zero-order valence-electron chi connectivity index (χ0n) is 11.5. The van der Waals surface area contributed by atoms with Crippen molar-refractivity contribution in [3.8, 4) is 0 Å². The van der Waals surface area contributed by atoms with E-state index in [0.29, 0.717) is 25.0 Å². The van der Waals surface area contributed by atoms with Gasteiger partial charge >= 0.3 is 0 Å². The number of likely N-dealkylation sites (tertiary alicyclic amines) is 1. The van der Waals surface area contributed by atoms with Crippen molar-refractivity contribution in [2.75, 3.05) is 33.7 Å². The zero-order valence-corrected chi connectivity index (χ0v) is 11.5. The van der Waals surface area contributed by atoms with Gasteiger partial charge in [-0.1, -0.05) is 5.21 Å². The Kier molecular flexibility index (Phi) is 4.80. The summed E-state index contributed by atoms with van der Waals surface area (Å²) in [6, 6.07) is 0.462. The lowest BCUT2D eigenvalue weighted by Gasteiger charge is -2.32. The molecule has 19 heavy (non-hydrogen) atoms. The Balaban J connectivity index is 1.66. The van der Waals surface area contributed by atoms with Crippen LogP contribution < -0.4 is 5.32 Å².